The van der Waals surface area contributed by atoms with Gasteiger partial charge < -0.3 is 0 Å². The molecule has 0 heterocycles. The van der Waals surface area contributed by atoms with Crippen molar-refractivity contribution < 1.29 is 0 Å². The van der Waals surface area contributed by atoms with Gasteiger partial charge in [0.1, 0.15) is 0 Å². The van der Waals surface area contributed by atoms with E-state index in [0.29, 0.717) is 0 Å². The second kappa shape index (κ2) is 6.31. The zero-order valence-corrected chi connectivity index (χ0v) is 18.2. The molecule has 7 aromatic rings. The van der Waals surface area contributed by atoms with Gasteiger partial charge in [0.25, 0.3) is 0 Å². The summed E-state index contributed by atoms with van der Waals surface area (Å²) in [5.41, 5.74) is 2.76. The first-order valence-electron chi connectivity index (χ1n) is 11.3. The van der Waals surface area contributed by atoms with E-state index < -0.39 is 0 Å². The van der Waals surface area contributed by atoms with Crippen LogP contribution in [-0.4, -0.2) is 0 Å². The lowest BCUT2D eigenvalue weighted by atomic mass is 9.89. The van der Waals surface area contributed by atoms with Crippen LogP contribution in [-0.2, 0) is 0 Å². The first-order valence-corrected chi connectivity index (χ1v) is 11.3. The van der Waals surface area contributed by atoms with Crippen molar-refractivity contribution in [3.8, 4) is 0 Å². The molecule has 0 nitrogen and oxygen atoms in total. The van der Waals surface area contributed by atoms with E-state index in [0.717, 1.165) is 0 Å². The van der Waals surface area contributed by atoms with Crippen LogP contribution in [0.4, 0.5) is 0 Å². The van der Waals surface area contributed by atoms with Crippen molar-refractivity contribution in [2.45, 2.75) is 13.8 Å². The lowest BCUT2D eigenvalue weighted by molar-refractivity contribution is 1.42. The summed E-state index contributed by atoms with van der Waals surface area (Å²) < 4.78 is 0. The van der Waals surface area contributed by atoms with E-state index in [9.17, 15) is 0 Å². The molecule has 7 aromatic carbocycles. The highest BCUT2D eigenvalue weighted by Crippen LogP contribution is 2.38. The summed E-state index contributed by atoms with van der Waals surface area (Å²) in [6.07, 6.45) is 0. The molecule has 150 valence electrons. The Morgan fingerprint density at radius 1 is 0.312 bits per heavy atom. The van der Waals surface area contributed by atoms with Gasteiger partial charge in [-0.3, -0.25) is 0 Å². The molecular weight excluding hydrogens is 384 g/mol. The van der Waals surface area contributed by atoms with Gasteiger partial charge in [0.05, 0.1) is 0 Å². The predicted octanol–water partition coefficient (Wildman–Crippen LogP) is 9.22. The van der Waals surface area contributed by atoms with Gasteiger partial charge in [0.2, 0.25) is 0 Å². The molecule has 0 unspecified atom stereocenters. The largest absolute Gasteiger partial charge is 0.0616 e. The minimum absolute atomic E-state index is 1.29. The lowest BCUT2D eigenvalue weighted by Crippen LogP contribution is -1.89. The number of fused-ring (bicyclic) bond motifs is 9. The Morgan fingerprint density at radius 3 is 1.56 bits per heavy atom. The van der Waals surface area contributed by atoms with Gasteiger partial charge in [0.15, 0.2) is 0 Å². The van der Waals surface area contributed by atoms with Gasteiger partial charge in [0, 0.05) is 0 Å². The smallest absolute Gasteiger partial charge is 0.00959 e. The first-order chi connectivity index (χ1) is 15.7. The van der Waals surface area contributed by atoms with E-state index in [4.69, 9.17) is 0 Å². The molecule has 0 aliphatic heterocycles. The van der Waals surface area contributed by atoms with Crippen molar-refractivity contribution >= 4 is 64.6 Å². The van der Waals surface area contributed by atoms with E-state index in [-0.39, 0.29) is 0 Å². The Balaban J connectivity index is 1.66. The zero-order chi connectivity index (χ0) is 21.4. The summed E-state index contributed by atoms with van der Waals surface area (Å²) in [6, 6.07) is 36.1. The SMILES string of the molecule is Cc1c(C)c2cc3ccc4c5cc6ccccc6cc5ccc4c3cc2c2ccccc12. The number of hydrogen-bond acceptors (Lipinski definition) is 0. The van der Waals surface area contributed by atoms with Gasteiger partial charge in [-0.05, 0) is 114 Å². The van der Waals surface area contributed by atoms with Crippen LogP contribution in [0.15, 0.2) is 97.1 Å². The second-order valence-corrected chi connectivity index (χ2v) is 9.06. The maximum Gasteiger partial charge on any atom is -0.00959 e. The minimum Gasteiger partial charge on any atom is -0.0616 e. The van der Waals surface area contributed by atoms with Crippen LogP contribution in [0.25, 0.3) is 64.6 Å². The van der Waals surface area contributed by atoms with Gasteiger partial charge in [-0.15, -0.1) is 0 Å². The number of rotatable bonds is 0. The molecule has 0 aliphatic rings. The molecule has 0 aliphatic carbocycles. The van der Waals surface area contributed by atoms with Crippen molar-refractivity contribution in [3.05, 3.63) is 108 Å². The molecule has 0 radical (unpaired) electrons. The van der Waals surface area contributed by atoms with Gasteiger partial charge in [-0.25, -0.2) is 0 Å². The molecule has 0 bridgehead atoms. The maximum absolute atomic E-state index is 2.43. The summed E-state index contributed by atoms with van der Waals surface area (Å²) in [4.78, 5) is 0. The molecule has 0 saturated carbocycles. The fraction of sp³-hybridized carbons (Fsp3) is 0.0625. The van der Waals surface area contributed by atoms with Crippen LogP contribution in [0, 0.1) is 13.8 Å². The Kier molecular flexibility index (Phi) is 3.50. The van der Waals surface area contributed by atoms with Gasteiger partial charge in [-0.1, -0.05) is 72.8 Å². The minimum atomic E-state index is 1.29. The third-order valence-corrected chi connectivity index (χ3v) is 7.42. The molecule has 0 heteroatoms. The van der Waals surface area contributed by atoms with Gasteiger partial charge in [-0.2, -0.15) is 0 Å². The second-order valence-electron chi connectivity index (χ2n) is 9.06. The summed E-state index contributed by atoms with van der Waals surface area (Å²) >= 11 is 0. The van der Waals surface area contributed by atoms with Crippen molar-refractivity contribution in [1.29, 1.82) is 0 Å². The average Bonchev–Trinajstić information content (AvgIpc) is 2.84. The topological polar surface area (TPSA) is 0 Å². The van der Waals surface area contributed by atoms with Gasteiger partial charge >= 0.3 is 0 Å². The first kappa shape index (κ1) is 17.7. The summed E-state index contributed by atoms with van der Waals surface area (Å²) in [5.74, 6) is 0. The van der Waals surface area contributed by atoms with Crippen LogP contribution in [0.2, 0.25) is 0 Å². The fourth-order valence-electron chi connectivity index (χ4n) is 5.59. The quantitative estimate of drug-likeness (QED) is 0.174. The molecule has 0 fully saturated rings. The van der Waals surface area contributed by atoms with Crippen molar-refractivity contribution in [2.24, 2.45) is 0 Å². The molecule has 32 heavy (non-hydrogen) atoms. The molecule has 7 rings (SSSR count). The average molecular weight is 407 g/mol. The maximum atomic E-state index is 2.43. The molecule has 0 saturated heterocycles. The van der Waals surface area contributed by atoms with Crippen LogP contribution < -0.4 is 0 Å². The molecule has 0 atom stereocenters. The summed E-state index contributed by atoms with van der Waals surface area (Å²) in [7, 11) is 0. The molecule has 0 amide bonds. The van der Waals surface area contributed by atoms with E-state index in [1.54, 1.807) is 0 Å². The van der Waals surface area contributed by atoms with E-state index >= 15 is 0 Å². The Hall–Kier alpha value is -3.90. The highest BCUT2D eigenvalue weighted by molar-refractivity contribution is 6.23. The van der Waals surface area contributed by atoms with Crippen molar-refractivity contribution in [3.63, 3.8) is 0 Å². The van der Waals surface area contributed by atoms with Crippen LogP contribution in [0.3, 0.4) is 0 Å². The molecular formula is C32H22. The Morgan fingerprint density at radius 2 is 0.812 bits per heavy atom. The van der Waals surface area contributed by atoms with E-state index in [1.165, 1.54) is 75.8 Å². The summed E-state index contributed by atoms with van der Waals surface area (Å²) in [5, 5.41) is 15.9. The zero-order valence-electron chi connectivity index (χ0n) is 18.2. The van der Waals surface area contributed by atoms with Crippen molar-refractivity contribution in [1.82, 2.24) is 0 Å². The fourth-order valence-corrected chi connectivity index (χ4v) is 5.59. The molecule has 0 spiro atoms. The summed E-state index contributed by atoms with van der Waals surface area (Å²) in [6.45, 7) is 4.51. The highest BCUT2D eigenvalue weighted by Gasteiger charge is 2.12. The third-order valence-electron chi connectivity index (χ3n) is 7.42. The number of hydrogen-bond donors (Lipinski definition) is 0. The highest BCUT2D eigenvalue weighted by atomic mass is 14.2. The predicted molar refractivity (Wildman–Crippen MR) is 141 cm³/mol. The Labute approximate surface area is 186 Å². The van der Waals surface area contributed by atoms with Crippen LogP contribution in [0.1, 0.15) is 11.1 Å². The third kappa shape index (κ3) is 2.32. The molecule has 0 aromatic heterocycles. The van der Waals surface area contributed by atoms with Crippen LogP contribution in [0.5, 0.6) is 0 Å². The normalized spacial score (nSPS) is 12.1. The van der Waals surface area contributed by atoms with Crippen LogP contribution >= 0.6 is 0 Å². The molecule has 0 N–H and O–H groups in total. The van der Waals surface area contributed by atoms with Crippen molar-refractivity contribution in [2.75, 3.05) is 0 Å². The van der Waals surface area contributed by atoms with E-state index in [2.05, 4.69) is 111 Å². The number of aryl methyl sites for hydroxylation is 2. The number of benzene rings is 7. The monoisotopic (exact) mass is 406 g/mol. The Bertz CT molecular complexity index is 1890. The van der Waals surface area contributed by atoms with E-state index in [1.807, 2.05) is 0 Å². The standard InChI is InChI=1S/C32H22/c1-19-20(2)29-17-24-12-14-27-28(31(24)18-32(29)26-10-6-5-9-25(19)26)13-11-23-15-21-7-3-4-8-22(21)16-30(23)27/h3-18H,1-2H3. The lowest BCUT2D eigenvalue weighted by Gasteiger charge is -2.15.